The van der Waals surface area contributed by atoms with Crippen LogP contribution in [0.25, 0.3) is 10.9 Å². The Morgan fingerprint density at radius 3 is 2.79 bits per heavy atom. The molecule has 0 aliphatic rings. The van der Waals surface area contributed by atoms with Crippen LogP contribution in [0.2, 0.25) is 0 Å². The Morgan fingerprint density at radius 2 is 2.07 bits per heavy atom. The van der Waals surface area contributed by atoms with Crippen LogP contribution in [-0.4, -0.2) is 17.1 Å². The van der Waals surface area contributed by atoms with Gasteiger partial charge in [-0.05, 0) is 35.0 Å². The Kier molecular flexibility index (Phi) is 2.37. The van der Waals surface area contributed by atoms with Gasteiger partial charge in [0.1, 0.15) is 21.7 Å². The number of hydrogen-bond acceptors (Lipinski definition) is 3. The normalized spacial score (nSPS) is 10.5. The maximum Gasteiger partial charge on any atom is 0.145 e. The zero-order valence-corrected chi connectivity index (χ0v) is 9.50. The number of para-hydroxylation sites is 1. The minimum Gasteiger partial charge on any atom is -0.494 e. The predicted molar refractivity (Wildman–Crippen MR) is 58.5 cm³/mol. The molecule has 4 heteroatoms. The molecule has 0 atom stereocenters. The molecule has 0 aliphatic carbocycles. The number of aryl methyl sites for hydroxylation is 1. The van der Waals surface area contributed by atoms with Crippen LogP contribution in [0.4, 0.5) is 0 Å². The Morgan fingerprint density at radius 1 is 1.29 bits per heavy atom. The molecule has 72 valence electrons. The van der Waals surface area contributed by atoms with Gasteiger partial charge in [-0.25, -0.2) is 9.97 Å². The standard InChI is InChI=1S/C10H9BrN2O/c1-6-12-9-7(10(11)13-6)4-3-5-8(9)14-2/h3-5H,1-2H3. The number of nitrogens with zero attached hydrogens (tertiary/aromatic N) is 2. The minimum absolute atomic E-state index is 0.730. The van der Waals surface area contributed by atoms with Gasteiger partial charge in [0.05, 0.1) is 7.11 Å². The van der Waals surface area contributed by atoms with Crippen LogP contribution in [0.3, 0.4) is 0 Å². The van der Waals surface area contributed by atoms with E-state index in [1.54, 1.807) is 7.11 Å². The van der Waals surface area contributed by atoms with Crippen LogP contribution in [0.5, 0.6) is 5.75 Å². The van der Waals surface area contributed by atoms with Gasteiger partial charge in [0, 0.05) is 5.39 Å². The molecule has 2 aromatic rings. The van der Waals surface area contributed by atoms with E-state index in [4.69, 9.17) is 4.74 Å². The van der Waals surface area contributed by atoms with Crippen molar-refractivity contribution >= 4 is 26.8 Å². The third-order valence-corrected chi connectivity index (χ3v) is 2.58. The van der Waals surface area contributed by atoms with Gasteiger partial charge in [-0.3, -0.25) is 0 Å². The zero-order valence-electron chi connectivity index (χ0n) is 7.91. The van der Waals surface area contributed by atoms with Gasteiger partial charge in [-0.15, -0.1) is 0 Å². The van der Waals surface area contributed by atoms with Crippen LogP contribution in [0, 0.1) is 6.92 Å². The molecule has 0 amide bonds. The number of rotatable bonds is 1. The molecule has 2 rings (SSSR count). The van der Waals surface area contributed by atoms with E-state index < -0.39 is 0 Å². The summed E-state index contributed by atoms with van der Waals surface area (Å²) in [5.41, 5.74) is 0.842. The molecule has 0 spiro atoms. The van der Waals surface area contributed by atoms with E-state index in [1.165, 1.54) is 0 Å². The van der Waals surface area contributed by atoms with E-state index in [-0.39, 0.29) is 0 Å². The van der Waals surface area contributed by atoms with Crippen molar-refractivity contribution in [3.05, 3.63) is 28.6 Å². The van der Waals surface area contributed by atoms with Crippen molar-refractivity contribution < 1.29 is 4.74 Å². The summed E-state index contributed by atoms with van der Waals surface area (Å²) in [4.78, 5) is 8.57. The fourth-order valence-electron chi connectivity index (χ4n) is 1.36. The fraction of sp³-hybridized carbons (Fsp3) is 0.200. The molecule has 0 unspecified atom stereocenters. The van der Waals surface area contributed by atoms with Crippen molar-refractivity contribution in [2.75, 3.05) is 7.11 Å². The quantitative estimate of drug-likeness (QED) is 0.733. The maximum atomic E-state index is 5.23. The first kappa shape index (κ1) is 9.40. The average Bonchev–Trinajstić information content (AvgIpc) is 2.17. The Labute approximate surface area is 90.3 Å². The lowest BCUT2D eigenvalue weighted by Gasteiger charge is -2.05. The zero-order chi connectivity index (χ0) is 10.1. The lowest BCUT2D eigenvalue weighted by Crippen LogP contribution is -1.93. The third-order valence-electron chi connectivity index (χ3n) is 1.97. The molecule has 14 heavy (non-hydrogen) atoms. The molecule has 0 saturated heterocycles. The van der Waals surface area contributed by atoms with Gasteiger partial charge in [-0.2, -0.15) is 0 Å². The lowest BCUT2D eigenvalue weighted by atomic mass is 10.2. The summed E-state index contributed by atoms with van der Waals surface area (Å²) in [6.07, 6.45) is 0. The van der Waals surface area contributed by atoms with Crippen LogP contribution >= 0.6 is 15.9 Å². The third kappa shape index (κ3) is 1.46. The highest BCUT2D eigenvalue weighted by atomic mass is 79.9. The van der Waals surface area contributed by atoms with Crippen LogP contribution in [-0.2, 0) is 0 Å². The number of benzene rings is 1. The molecule has 1 aromatic heterocycles. The maximum absolute atomic E-state index is 5.23. The number of methoxy groups -OCH3 is 1. The lowest BCUT2D eigenvalue weighted by molar-refractivity contribution is 0.418. The summed E-state index contributed by atoms with van der Waals surface area (Å²) in [7, 11) is 1.64. The molecular weight excluding hydrogens is 244 g/mol. The van der Waals surface area contributed by atoms with Crippen molar-refractivity contribution in [2.45, 2.75) is 6.92 Å². The van der Waals surface area contributed by atoms with Gasteiger partial charge >= 0.3 is 0 Å². The number of ether oxygens (including phenoxy) is 1. The number of halogens is 1. The first-order valence-electron chi connectivity index (χ1n) is 4.19. The smallest absolute Gasteiger partial charge is 0.145 e. The second-order valence-electron chi connectivity index (χ2n) is 2.92. The van der Waals surface area contributed by atoms with E-state index in [9.17, 15) is 0 Å². The highest BCUT2D eigenvalue weighted by Gasteiger charge is 2.06. The number of hydrogen-bond donors (Lipinski definition) is 0. The second-order valence-corrected chi connectivity index (χ2v) is 3.67. The Balaban J connectivity index is 2.86. The average molecular weight is 253 g/mol. The van der Waals surface area contributed by atoms with Gasteiger partial charge in [-0.1, -0.05) is 6.07 Å². The summed E-state index contributed by atoms with van der Waals surface area (Å²) in [6.45, 7) is 1.86. The summed E-state index contributed by atoms with van der Waals surface area (Å²) < 4.78 is 6.03. The van der Waals surface area contributed by atoms with Crippen molar-refractivity contribution in [1.29, 1.82) is 0 Å². The van der Waals surface area contributed by atoms with Crippen molar-refractivity contribution in [3.63, 3.8) is 0 Å². The SMILES string of the molecule is COc1cccc2c(Br)nc(C)nc12. The predicted octanol–water partition coefficient (Wildman–Crippen LogP) is 2.71. The Bertz CT molecular complexity index is 485. The topological polar surface area (TPSA) is 35.0 Å². The van der Waals surface area contributed by atoms with Crippen LogP contribution < -0.4 is 4.74 Å². The molecule has 1 aromatic carbocycles. The summed E-state index contributed by atoms with van der Waals surface area (Å²) >= 11 is 3.40. The monoisotopic (exact) mass is 252 g/mol. The first-order valence-corrected chi connectivity index (χ1v) is 4.98. The summed E-state index contributed by atoms with van der Waals surface area (Å²) in [6, 6.07) is 5.77. The molecule has 3 nitrogen and oxygen atoms in total. The van der Waals surface area contributed by atoms with E-state index in [0.717, 1.165) is 27.1 Å². The Hall–Kier alpha value is -1.16. The molecule has 0 saturated carbocycles. The van der Waals surface area contributed by atoms with E-state index >= 15 is 0 Å². The van der Waals surface area contributed by atoms with E-state index in [2.05, 4.69) is 25.9 Å². The van der Waals surface area contributed by atoms with Gasteiger partial charge in [0.25, 0.3) is 0 Å². The first-order chi connectivity index (χ1) is 6.72. The molecule has 0 bridgehead atoms. The van der Waals surface area contributed by atoms with Gasteiger partial charge in [0.15, 0.2) is 0 Å². The van der Waals surface area contributed by atoms with Crippen molar-refractivity contribution in [2.24, 2.45) is 0 Å². The van der Waals surface area contributed by atoms with Gasteiger partial charge < -0.3 is 4.74 Å². The minimum atomic E-state index is 0.730. The molecule has 0 radical (unpaired) electrons. The summed E-state index contributed by atoms with van der Waals surface area (Å²) in [5.74, 6) is 1.50. The number of fused-ring (bicyclic) bond motifs is 1. The van der Waals surface area contributed by atoms with Crippen molar-refractivity contribution in [1.82, 2.24) is 9.97 Å². The highest BCUT2D eigenvalue weighted by Crippen LogP contribution is 2.27. The summed E-state index contributed by atoms with van der Waals surface area (Å²) in [5, 5.41) is 0.968. The highest BCUT2D eigenvalue weighted by molar-refractivity contribution is 9.10. The molecule has 0 fully saturated rings. The molecule has 1 heterocycles. The van der Waals surface area contributed by atoms with E-state index in [0.29, 0.717) is 0 Å². The van der Waals surface area contributed by atoms with Crippen LogP contribution in [0.1, 0.15) is 5.82 Å². The number of aromatic nitrogens is 2. The second kappa shape index (κ2) is 3.53. The van der Waals surface area contributed by atoms with Crippen LogP contribution in [0.15, 0.2) is 22.8 Å². The molecule has 0 aliphatic heterocycles. The largest absolute Gasteiger partial charge is 0.494 e. The fourth-order valence-corrected chi connectivity index (χ4v) is 1.93. The molecule has 0 N–H and O–H groups in total. The van der Waals surface area contributed by atoms with Gasteiger partial charge in [0.2, 0.25) is 0 Å². The van der Waals surface area contributed by atoms with E-state index in [1.807, 2.05) is 25.1 Å². The molecular formula is C10H9BrN2O. The van der Waals surface area contributed by atoms with Crippen molar-refractivity contribution in [3.8, 4) is 5.75 Å².